The molecule has 5 rings (SSSR count). The highest BCUT2D eigenvalue weighted by atomic mass is 32.2. The second-order valence-corrected chi connectivity index (χ2v) is 11.2. The average Bonchev–Trinajstić information content (AvgIpc) is 3.60. The SMILES string of the molecule is CCOC(=O)c1nn(-c2ccc(C)cc2)c(C)c1C(=O)c1noc(-c2ccc(OC)cc2)c1S(=O)(=O)c1ccccc1. The highest BCUT2D eigenvalue weighted by Crippen LogP contribution is 2.37. The van der Waals surface area contributed by atoms with Gasteiger partial charge in [-0.3, -0.25) is 4.79 Å². The van der Waals surface area contributed by atoms with Gasteiger partial charge in [-0.25, -0.2) is 17.9 Å². The average molecular weight is 586 g/mol. The van der Waals surface area contributed by atoms with Gasteiger partial charge in [0.1, 0.15) is 5.75 Å². The number of nitrogens with zero attached hydrogens (tertiary/aromatic N) is 3. The van der Waals surface area contributed by atoms with Crippen LogP contribution in [0, 0.1) is 13.8 Å². The molecule has 42 heavy (non-hydrogen) atoms. The summed E-state index contributed by atoms with van der Waals surface area (Å²) in [5.74, 6) is -1.28. The van der Waals surface area contributed by atoms with Gasteiger partial charge in [-0.1, -0.05) is 41.1 Å². The molecule has 11 heteroatoms. The number of hydrogen-bond donors (Lipinski definition) is 0. The lowest BCUT2D eigenvalue weighted by Crippen LogP contribution is -2.15. The van der Waals surface area contributed by atoms with Gasteiger partial charge in [-0.2, -0.15) is 5.10 Å². The number of aromatic nitrogens is 3. The normalized spacial score (nSPS) is 11.3. The molecule has 0 aliphatic rings. The number of sulfone groups is 1. The monoisotopic (exact) mass is 585 g/mol. The van der Waals surface area contributed by atoms with Crippen LogP contribution in [0.15, 0.2) is 93.2 Å². The van der Waals surface area contributed by atoms with Gasteiger partial charge >= 0.3 is 5.97 Å². The summed E-state index contributed by atoms with van der Waals surface area (Å²) in [5, 5.41) is 8.37. The number of methoxy groups -OCH3 is 1. The molecule has 3 aromatic carbocycles. The largest absolute Gasteiger partial charge is 0.497 e. The van der Waals surface area contributed by atoms with E-state index in [9.17, 15) is 18.0 Å². The number of carbonyl (C=O) groups excluding carboxylic acids is 2. The molecule has 5 aromatic rings. The molecule has 0 fully saturated rings. The predicted octanol–water partition coefficient (Wildman–Crippen LogP) is 5.39. The molecule has 0 radical (unpaired) electrons. The maximum atomic E-state index is 14.3. The second kappa shape index (κ2) is 11.5. The van der Waals surface area contributed by atoms with Crippen LogP contribution in [0.1, 0.15) is 44.7 Å². The Morgan fingerprint density at radius 1 is 0.905 bits per heavy atom. The Labute approximate surface area is 242 Å². The molecule has 10 nitrogen and oxygen atoms in total. The summed E-state index contributed by atoms with van der Waals surface area (Å²) >= 11 is 0. The number of carbonyl (C=O) groups is 2. The summed E-state index contributed by atoms with van der Waals surface area (Å²) in [6, 6.07) is 21.4. The van der Waals surface area contributed by atoms with Crippen molar-refractivity contribution in [2.24, 2.45) is 0 Å². The van der Waals surface area contributed by atoms with Crippen molar-refractivity contribution in [2.45, 2.75) is 30.6 Å². The molecular weight excluding hydrogens is 558 g/mol. The van der Waals surface area contributed by atoms with Gasteiger partial charge in [0, 0.05) is 5.56 Å². The van der Waals surface area contributed by atoms with E-state index in [1.54, 1.807) is 68.4 Å². The van der Waals surface area contributed by atoms with Crippen LogP contribution in [0.5, 0.6) is 5.75 Å². The minimum absolute atomic E-state index is 0.0438. The Hall–Kier alpha value is -5.03. The minimum atomic E-state index is -4.33. The Morgan fingerprint density at radius 3 is 2.19 bits per heavy atom. The van der Waals surface area contributed by atoms with Crippen LogP contribution in [0.2, 0.25) is 0 Å². The topological polar surface area (TPSA) is 131 Å². The Kier molecular flexibility index (Phi) is 7.77. The first-order chi connectivity index (χ1) is 20.2. The van der Waals surface area contributed by atoms with Crippen molar-refractivity contribution >= 4 is 21.6 Å². The molecule has 0 unspecified atom stereocenters. The first-order valence-corrected chi connectivity index (χ1v) is 14.5. The van der Waals surface area contributed by atoms with E-state index in [2.05, 4.69) is 10.3 Å². The molecule has 0 bridgehead atoms. The van der Waals surface area contributed by atoms with E-state index >= 15 is 0 Å². The molecule has 0 N–H and O–H groups in total. The molecule has 2 heterocycles. The highest BCUT2D eigenvalue weighted by Gasteiger charge is 2.38. The lowest BCUT2D eigenvalue weighted by atomic mass is 10.0. The molecule has 0 aliphatic carbocycles. The third-order valence-electron chi connectivity index (χ3n) is 6.63. The van der Waals surface area contributed by atoms with E-state index in [4.69, 9.17) is 14.0 Å². The van der Waals surface area contributed by atoms with Gasteiger partial charge < -0.3 is 14.0 Å². The highest BCUT2D eigenvalue weighted by molar-refractivity contribution is 7.91. The van der Waals surface area contributed by atoms with Gasteiger partial charge in [0.2, 0.25) is 15.6 Å². The predicted molar refractivity (Wildman–Crippen MR) is 153 cm³/mol. The van der Waals surface area contributed by atoms with Crippen LogP contribution in [0.25, 0.3) is 17.0 Å². The fourth-order valence-electron chi connectivity index (χ4n) is 4.49. The summed E-state index contributed by atoms with van der Waals surface area (Å²) in [5.41, 5.74) is 1.36. The lowest BCUT2D eigenvalue weighted by molar-refractivity contribution is 0.0516. The van der Waals surface area contributed by atoms with Gasteiger partial charge in [0.15, 0.2) is 22.0 Å². The first kappa shape index (κ1) is 28.5. The van der Waals surface area contributed by atoms with Gasteiger partial charge in [-0.15, -0.1) is 0 Å². The van der Waals surface area contributed by atoms with Gasteiger partial charge in [0.05, 0.1) is 35.6 Å². The first-order valence-electron chi connectivity index (χ1n) is 13.0. The summed E-state index contributed by atoms with van der Waals surface area (Å²) in [6.45, 7) is 5.21. The summed E-state index contributed by atoms with van der Waals surface area (Å²) < 4.78 is 45.5. The number of esters is 1. The quantitative estimate of drug-likeness (QED) is 0.165. The molecule has 0 saturated carbocycles. The van der Waals surface area contributed by atoms with Crippen LogP contribution in [0.3, 0.4) is 0 Å². The van der Waals surface area contributed by atoms with E-state index in [-0.39, 0.29) is 28.5 Å². The maximum absolute atomic E-state index is 14.3. The van der Waals surface area contributed by atoms with Crippen LogP contribution >= 0.6 is 0 Å². The zero-order valence-corrected chi connectivity index (χ0v) is 24.1. The Morgan fingerprint density at radius 2 is 1.57 bits per heavy atom. The molecule has 0 atom stereocenters. The third kappa shape index (κ3) is 5.10. The summed E-state index contributed by atoms with van der Waals surface area (Å²) in [7, 11) is -2.83. The zero-order valence-electron chi connectivity index (χ0n) is 23.3. The zero-order chi connectivity index (χ0) is 30.0. The molecule has 0 saturated heterocycles. The number of benzene rings is 3. The smallest absolute Gasteiger partial charge is 0.359 e. The van der Waals surface area contributed by atoms with Crippen molar-refractivity contribution in [3.63, 3.8) is 0 Å². The van der Waals surface area contributed by atoms with E-state index < -0.39 is 32.2 Å². The van der Waals surface area contributed by atoms with E-state index in [1.165, 1.54) is 23.9 Å². The molecule has 214 valence electrons. The Bertz CT molecular complexity index is 1870. The lowest BCUT2D eigenvalue weighted by Gasteiger charge is -2.08. The molecular formula is C31H27N3O7S. The van der Waals surface area contributed by atoms with Crippen LogP contribution in [0.4, 0.5) is 0 Å². The molecule has 0 aliphatic heterocycles. The fourth-order valence-corrected chi connectivity index (χ4v) is 6.03. The van der Waals surface area contributed by atoms with E-state index in [0.717, 1.165) is 5.56 Å². The standard InChI is InChI=1S/C31H27N3O7S/c1-5-40-31(36)26-25(20(3)34(32-26)22-15-11-19(2)12-16-22)28(35)27-30(42(37,38)24-9-7-6-8-10-24)29(41-33-27)21-13-17-23(39-4)18-14-21/h6-18H,5H2,1-4H3. The maximum Gasteiger partial charge on any atom is 0.359 e. The van der Waals surface area contributed by atoms with Gasteiger partial charge in [-0.05, 0) is 69.3 Å². The van der Waals surface area contributed by atoms with E-state index in [1.807, 2.05) is 19.1 Å². The molecule has 0 amide bonds. The Balaban J connectivity index is 1.75. The van der Waals surface area contributed by atoms with E-state index in [0.29, 0.717) is 22.7 Å². The number of ether oxygens (including phenoxy) is 2. The van der Waals surface area contributed by atoms with Gasteiger partial charge in [0.25, 0.3) is 0 Å². The number of rotatable bonds is 9. The molecule has 0 spiro atoms. The van der Waals surface area contributed by atoms with Crippen molar-refractivity contribution < 1.29 is 32.0 Å². The van der Waals surface area contributed by atoms with Crippen LogP contribution in [-0.4, -0.2) is 48.8 Å². The minimum Gasteiger partial charge on any atom is -0.497 e. The summed E-state index contributed by atoms with van der Waals surface area (Å²) in [6.07, 6.45) is 0. The number of aryl methyl sites for hydroxylation is 1. The van der Waals surface area contributed by atoms with Crippen molar-refractivity contribution in [1.82, 2.24) is 14.9 Å². The fraction of sp³-hybridized carbons (Fsp3) is 0.161. The molecule has 2 aromatic heterocycles. The number of hydrogen-bond acceptors (Lipinski definition) is 9. The third-order valence-corrected chi connectivity index (χ3v) is 8.44. The van der Waals surface area contributed by atoms with Crippen molar-refractivity contribution in [1.29, 1.82) is 0 Å². The number of ketones is 1. The second-order valence-electron chi connectivity index (χ2n) is 9.34. The van der Waals surface area contributed by atoms with Crippen molar-refractivity contribution in [2.75, 3.05) is 13.7 Å². The summed E-state index contributed by atoms with van der Waals surface area (Å²) in [4.78, 5) is 26.8. The van der Waals surface area contributed by atoms with Crippen molar-refractivity contribution in [3.8, 4) is 22.8 Å². The van der Waals surface area contributed by atoms with Crippen LogP contribution < -0.4 is 4.74 Å². The van der Waals surface area contributed by atoms with Crippen LogP contribution in [-0.2, 0) is 14.6 Å². The van der Waals surface area contributed by atoms with Crippen molar-refractivity contribution in [3.05, 3.63) is 107 Å².